The summed E-state index contributed by atoms with van der Waals surface area (Å²) < 4.78 is 12.4. The number of hydrogen-bond donors (Lipinski definition) is 1. The van der Waals surface area contributed by atoms with Crippen molar-refractivity contribution in [1.29, 1.82) is 0 Å². The zero-order chi connectivity index (χ0) is 16.1. The first kappa shape index (κ1) is 16.9. The third-order valence-corrected chi connectivity index (χ3v) is 5.23. The van der Waals surface area contributed by atoms with Crippen molar-refractivity contribution in [2.24, 2.45) is 0 Å². The van der Waals surface area contributed by atoms with Crippen molar-refractivity contribution in [3.63, 3.8) is 0 Å². The molecule has 0 saturated carbocycles. The van der Waals surface area contributed by atoms with Gasteiger partial charge in [-0.05, 0) is 42.3 Å². The molecule has 3 rings (SSSR count). The Hall–Kier alpha value is -0.980. The second-order valence-corrected chi connectivity index (χ2v) is 7.16. The van der Waals surface area contributed by atoms with E-state index in [0.29, 0.717) is 13.2 Å². The molecule has 23 heavy (non-hydrogen) atoms. The van der Waals surface area contributed by atoms with Gasteiger partial charge in [0.15, 0.2) is 0 Å². The molecular formula is C18H25NO3S. The summed E-state index contributed by atoms with van der Waals surface area (Å²) in [5.41, 5.74) is 1.32. The van der Waals surface area contributed by atoms with Crippen LogP contribution in [-0.4, -0.2) is 55.6 Å². The van der Waals surface area contributed by atoms with E-state index in [4.69, 9.17) is 9.47 Å². The number of aliphatic hydroxyl groups excluding tert-OH is 1. The van der Waals surface area contributed by atoms with E-state index < -0.39 is 6.10 Å². The molecule has 1 atom stereocenters. The Morgan fingerprint density at radius 3 is 2.96 bits per heavy atom. The number of ether oxygens (including phenoxy) is 2. The quantitative estimate of drug-likeness (QED) is 0.845. The van der Waals surface area contributed by atoms with Crippen LogP contribution in [-0.2, 0) is 16.0 Å². The first-order chi connectivity index (χ1) is 11.2. The summed E-state index contributed by atoms with van der Waals surface area (Å²) in [6.07, 6.45) is 1.66. The highest BCUT2D eigenvalue weighted by molar-refractivity contribution is 7.17. The molecule has 4 nitrogen and oxygen atoms in total. The van der Waals surface area contributed by atoms with Gasteiger partial charge in [0, 0.05) is 31.0 Å². The van der Waals surface area contributed by atoms with Crippen molar-refractivity contribution in [2.45, 2.75) is 31.6 Å². The Bertz CT molecular complexity index is 609. The summed E-state index contributed by atoms with van der Waals surface area (Å²) in [5.74, 6) is 0. The van der Waals surface area contributed by atoms with E-state index in [1.54, 1.807) is 11.3 Å². The average molecular weight is 335 g/mol. The third kappa shape index (κ3) is 4.75. The Balaban J connectivity index is 1.45. The molecule has 0 spiro atoms. The van der Waals surface area contributed by atoms with Crippen molar-refractivity contribution in [2.75, 3.05) is 33.4 Å². The summed E-state index contributed by atoms with van der Waals surface area (Å²) in [4.78, 5) is 2.16. The van der Waals surface area contributed by atoms with Crippen LogP contribution in [0.15, 0.2) is 29.6 Å². The number of nitrogens with zero attached hydrogens (tertiary/aromatic N) is 1. The van der Waals surface area contributed by atoms with Crippen molar-refractivity contribution >= 4 is 21.4 Å². The molecule has 1 N–H and O–H groups in total. The molecule has 2 aromatic rings. The van der Waals surface area contributed by atoms with E-state index in [-0.39, 0.29) is 6.10 Å². The van der Waals surface area contributed by atoms with Gasteiger partial charge in [0.05, 0.1) is 18.8 Å². The fraction of sp³-hybridized carbons (Fsp3) is 0.556. The summed E-state index contributed by atoms with van der Waals surface area (Å²) >= 11 is 1.78. The lowest BCUT2D eigenvalue weighted by Gasteiger charge is -2.25. The Morgan fingerprint density at radius 2 is 2.13 bits per heavy atom. The predicted octanol–water partition coefficient (Wildman–Crippen LogP) is 2.89. The van der Waals surface area contributed by atoms with Crippen LogP contribution in [0.5, 0.6) is 0 Å². The number of thiophene rings is 1. The van der Waals surface area contributed by atoms with E-state index in [9.17, 15) is 5.11 Å². The highest BCUT2D eigenvalue weighted by Gasteiger charge is 2.17. The average Bonchev–Trinajstić information content (AvgIpc) is 2.97. The largest absolute Gasteiger partial charge is 0.389 e. The molecule has 1 unspecified atom stereocenters. The Morgan fingerprint density at radius 1 is 1.35 bits per heavy atom. The topological polar surface area (TPSA) is 41.9 Å². The van der Waals surface area contributed by atoms with Crippen LogP contribution in [0, 0.1) is 0 Å². The molecule has 1 saturated heterocycles. The van der Waals surface area contributed by atoms with Gasteiger partial charge in [-0.1, -0.05) is 18.2 Å². The summed E-state index contributed by atoms with van der Waals surface area (Å²) in [7, 11) is 2.05. The summed E-state index contributed by atoms with van der Waals surface area (Å²) in [6.45, 7) is 3.41. The van der Waals surface area contributed by atoms with Crippen LogP contribution in [0.1, 0.15) is 18.4 Å². The fourth-order valence-corrected chi connectivity index (χ4v) is 3.97. The van der Waals surface area contributed by atoms with E-state index >= 15 is 0 Å². The zero-order valence-electron chi connectivity index (χ0n) is 13.6. The smallest absolute Gasteiger partial charge is 0.0900 e. The second kappa shape index (κ2) is 8.22. The van der Waals surface area contributed by atoms with E-state index in [1.165, 1.54) is 15.6 Å². The number of rotatable bonds is 7. The summed E-state index contributed by atoms with van der Waals surface area (Å²) in [6, 6.07) is 8.47. The number of likely N-dealkylation sites (N-methyl/N-ethyl adjacent to an activating group) is 1. The molecule has 1 aliphatic rings. The second-order valence-electron chi connectivity index (χ2n) is 6.25. The zero-order valence-corrected chi connectivity index (χ0v) is 14.4. The van der Waals surface area contributed by atoms with Gasteiger partial charge < -0.3 is 14.6 Å². The normalized spacial score (nSPS) is 17.9. The third-order valence-electron chi connectivity index (χ3n) is 4.22. The van der Waals surface area contributed by atoms with Gasteiger partial charge in [-0.25, -0.2) is 0 Å². The Kier molecular flexibility index (Phi) is 6.02. The van der Waals surface area contributed by atoms with Crippen LogP contribution in [0.25, 0.3) is 10.1 Å². The van der Waals surface area contributed by atoms with E-state index in [1.807, 2.05) is 7.05 Å². The minimum absolute atomic E-state index is 0.240. The minimum atomic E-state index is -0.451. The molecule has 0 amide bonds. The first-order valence-electron chi connectivity index (χ1n) is 8.23. The van der Waals surface area contributed by atoms with Crippen LogP contribution in [0.4, 0.5) is 0 Å². The summed E-state index contributed by atoms with van der Waals surface area (Å²) in [5, 5.41) is 13.7. The molecule has 126 valence electrons. The molecule has 2 heterocycles. The number of fused-ring (bicyclic) bond motifs is 1. The van der Waals surface area contributed by atoms with Crippen LogP contribution in [0.3, 0.4) is 0 Å². The highest BCUT2D eigenvalue weighted by Crippen LogP contribution is 2.26. The molecule has 0 aliphatic carbocycles. The predicted molar refractivity (Wildman–Crippen MR) is 94.0 cm³/mol. The lowest BCUT2D eigenvalue weighted by molar-refractivity contribution is -0.0633. The molecule has 1 aliphatic heterocycles. The maximum atomic E-state index is 10.2. The Labute approximate surface area is 141 Å². The van der Waals surface area contributed by atoms with Crippen molar-refractivity contribution in [3.8, 4) is 0 Å². The standard InChI is InChI=1S/C18H25NO3S/c1-19(10-14-13-23-18-5-3-2-4-17(14)18)11-15(20)12-22-16-6-8-21-9-7-16/h2-5,13,15-16,20H,6-12H2,1H3. The first-order valence-corrected chi connectivity index (χ1v) is 9.11. The maximum absolute atomic E-state index is 10.2. The van der Waals surface area contributed by atoms with Crippen LogP contribution < -0.4 is 0 Å². The van der Waals surface area contributed by atoms with Gasteiger partial charge in [-0.15, -0.1) is 11.3 Å². The van der Waals surface area contributed by atoms with Crippen LogP contribution in [0.2, 0.25) is 0 Å². The number of benzene rings is 1. The molecule has 5 heteroatoms. The molecule has 1 aromatic heterocycles. The van der Waals surface area contributed by atoms with Gasteiger partial charge in [-0.3, -0.25) is 4.90 Å². The van der Waals surface area contributed by atoms with Crippen molar-refractivity contribution in [1.82, 2.24) is 4.90 Å². The molecule has 0 bridgehead atoms. The number of hydrogen-bond acceptors (Lipinski definition) is 5. The van der Waals surface area contributed by atoms with Crippen LogP contribution >= 0.6 is 11.3 Å². The molecule has 1 fully saturated rings. The molecule has 1 aromatic carbocycles. The van der Waals surface area contributed by atoms with Crippen molar-refractivity contribution < 1.29 is 14.6 Å². The van der Waals surface area contributed by atoms with E-state index in [2.05, 4.69) is 34.5 Å². The molecular weight excluding hydrogens is 310 g/mol. The van der Waals surface area contributed by atoms with Gasteiger partial charge in [0.2, 0.25) is 0 Å². The van der Waals surface area contributed by atoms with E-state index in [0.717, 1.165) is 32.6 Å². The van der Waals surface area contributed by atoms with Crippen molar-refractivity contribution in [3.05, 3.63) is 35.2 Å². The van der Waals surface area contributed by atoms with Gasteiger partial charge in [0.25, 0.3) is 0 Å². The molecule has 0 radical (unpaired) electrons. The SMILES string of the molecule is CN(Cc1csc2ccccc12)CC(O)COC1CCOCC1. The lowest BCUT2D eigenvalue weighted by atomic mass is 10.1. The lowest BCUT2D eigenvalue weighted by Crippen LogP contribution is -2.34. The fourth-order valence-electron chi connectivity index (χ4n) is 3.01. The van der Waals surface area contributed by atoms with Gasteiger partial charge in [-0.2, -0.15) is 0 Å². The van der Waals surface area contributed by atoms with Gasteiger partial charge >= 0.3 is 0 Å². The highest BCUT2D eigenvalue weighted by atomic mass is 32.1. The monoisotopic (exact) mass is 335 g/mol. The number of aliphatic hydroxyl groups is 1. The maximum Gasteiger partial charge on any atom is 0.0900 e. The van der Waals surface area contributed by atoms with Gasteiger partial charge in [0.1, 0.15) is 0 Å². The minimum Gasteiger partial charge on any atom is -0.389 e.